The van der Waals surface area contributed by atoms with E-state index in [1.165, 1.54) is 0 Å². The number of nitrogens with zero attached hydrogens (tertiary/aromatic N) is 2. The summed E-state index contributed by atoms with van der Waals surface area (Å²) in [7, 11) is 8.26. The fraction of sp³-hybridized carbons (Fsp3) is 1.00. The Labute approximate surface area is 107 Å². The first-order valence-electron chi connectivity index (χ1n) is 6.57. The number of hydrogen-bond acceptors (Lipinski definition) is 4. The summed E-state index contributed by atoms with van der Waals surface area (Å²) in [5.41, 5.74) is 6.31. The lowest BCUT2D eigenvalue weighted by Gasteiger charge is -2.48. The molecule has 104 valence electrons. The molecule has 0 aromatic rings. The minimum absolute atomic E-state index is 0.144. The summed E-state index contributed by atoms with van der Waals surface area (Å²) in [6.45, 7) is 4.46. The van der Waals surface area contributed by atoms with Crippen molar-refractivity contribution in [3.63, 3.8) is 0 Å². The molecule has 0 aliphatic carbocycles. The summed E-state index contributed by atoms with van der Waals surface area (Å²) in [6, 6.07) is 0.559. The van der Waals surface area contributed by atoms with Crippen LogP contribution in [0.15, 0.2) is 0 Å². The van der Waals surface area contributed by atoms with E-state index in [4.69, 9.17) is 5.73 Å². The van der Waals surface area contributed by atoms with Crippen LogP contribution in [0.25, 0.3) is 0 Å². The van der Waals surface area contributed by atoms with Gasteiger partial charge in [-0.15, -0.1) is 0 Å². The molecule has 0 aromatic heterocycles. The summed E-state index contributed by atoms with van der Waals surface area (Å²) in [4.78, 5) is 4.36. The van der Waals surface area contributed by atoms with Crippen molar-refractivity contribution >= 4 is 0 Å². The van der Waals surface area contributed by atoms with E-state index in [2.05, 4.69) is 51.8 Å². The van der Waals surface area contributed by atoms with Gasteiger partial charge in [-0.3, -0.25) is 0 Å². The zero-order valence-electron chi connectivity index (χ0n) is 12.4. The topological polar surface area (TPSA) is 52.7 Å². The van der Waals surface area contributed by atoms with Crippen LogP contribution in [0.1, 0.15) is 33.1 Å². The molecular formula is C13H31N3O. The molecule has 0 saturated heterocycles. The molecule has 0 aromatic carbocycles. The normalized spacial score (nSPS) is 19.4. The van der Waals surface area contributed by atoms with Crippen LogP contribution in [0.3, 0.4) is 0 Å². The van der Waals surface area contributed by atoms with Crippen molar-refractivity contribution in [3.05, 3.63) is 0 Å². The molecule has 0 radical (unpaired) electrons. The summed E-state index contributed by atoms with van der Waals surface area (Å²) in [5.74, 6) is 0. The third kappa shape index (κ3) is 3.91. The highest BCUT2D eigenvalue weighted by atomic mass is 16.3. The molecule has 4 nitrogen and oxygen atoms in total. The standard InChI is InChI=1S/C13H31N3O/c1-7-11(15(3)4)13(14,9-10-17)12(8-2)16(5)6/h11-12,17H,7-10,14H2,1-6H3. The van der Waals surface area contributed by atoms with Gasteiger partial charge in [0.1, 0.15) is 0 Å². The van der Waals surface area contributed by atoms with Crippen LogP contribution in [0.4, 0.5) is 0 Å². The lowest BCUT2D eigenvalue weighted by molar-refractivity contribution is 0.0593. The number of rotatable bonds is 8. The van der Waals surface area contributed by atoms with Gasteiger partial charge in [0.25, 0.3) is 0 Å². The molecule has 0 amide bonds. The van der Waals surface area contributed by atoms with Gasteiger partial charge in [0, 0.05) is 24.2 Å². The molecule has 2 unspecified atom stereocenters. The summed E-state index contributed by atoms with van der Waals surface area (Å²) >= 11 is 0. The quantitative estimate of drug-likeness (QED) is 0.662. The Bertz CT molecular complexity index is 191. The van der Waals surface area contributed by atoms with E-state index < -0.39 is 0 Å². The Morgan fingerprint density at radius 3 is 1.53 bits per heavy atom. The van der Waals surface area contributed by atoms with Crippen LogP contribution in [0.2, 0.25) is 0 Å². The Morgan fingerprint density at radius 2 is 1.35 bits per heavy atom. The second kappa shape index (κ2) is 7.31. The van der Waals surface area contributed by atoms with Crippen molar-refractivity contribution in [2.24, 2.45) is 5.73 Å². The highest BCUT2D eigenvalue weighted by Gasteiger charge is 2.42. The fourth-order valence-electron chi connectivity index (χ4n) is 3.20. The summed E-state index contributed by atoms with van der Waals surface area (Å²) in [6.07, 6.45) is 2.63. The zero-order valence-corrected chi connectivity index (χ0v) is 12.4. The van der Waals surface area contributed by atoms with E-state index >= 15 is 0 Å². The van der Waals surface area contributed by atoms with E-state index in [1.54, 1.807) is 0 Å². The van der Waals surface area contributed by atoms with E-state index in [-0.39, 0.29) is 24.2 Å². The molecule has 0 bridgehead atoms. The second-order valence-corrected chi connectivity index (χ2v) is 5.36. The van der Waals surface area contributed by atoms with Crippen molar-refractivity contribution in [2.75, 3.05) is 34.8 Å². The van der Waals surface area contributed by atoms with E-state index in [9.17, 15) is 5.11 Å². The molecule has 17 heavy (non-hydrogen) atoms. The fourth-order valence-corrected chi connectivity index (χ4v) is 3.20. The molecular weight excluding hydrogens is 214 g/mol. The molecule has 0 aliphatic heterocycles. The van der Waals surface area contributed by atoms with Crippen LogP contribution in [-0.4, -0.2) is 67.3 Å². The number of nitrogens with two attached hydrogens (primary N) is 1. The van der Waals surface area contributed by atoms with Crippen molar-refractivity contribution < 1.29 is 5.11 Å². The molecule has 2 atom stereocenters. The van der Waals surface area contributed by atoms with Crippen molar-refractivity contribution in [3.8, 4) is 0 Å². The Hall–Kier alpha value is -0.160. The van der Waals surface area contributed by atoms with Gasteiger partial charge < -0.3 is 20.6 Å². The molecule has 0 heterocycles. The van der Waals surface area contributed by atoms with Gasteiger partial charge >= 0.3 is 0 Å². The molecule has 0 spiro atoms. The predicted molar refractivity (Wildman–Crippen MR) is 74.2 cm³/mol. The van der Waals surface area contributed by atoms with Gasteiger partial charge in [0.15, 0.2) is 0 Å². The molecule has 0 saturated carbocycles. The number of aliphatic hydroxyl groups is 1. The molecule has 0 aliphatic rings. The summed E-state index contributed by atoms with van der Waals surface area (Å²) < 4.78 is 0. The van der Waals surface area contributed by atoms with Gasteiger partial charge in [-0.1, -0.05) is 13.8 Å². The van der Waals surface area contributed by atoms with Gasteiger partial charge in [-0.25, -0.2) is 0 Å². The Morgan fingerprint density at radius 1 is 1.00 bits per heavy atom. The van der Waals surface area contributed by atoms with E-state index in [0.717, 1.165) is 12.8 Å². The van der Waals surface area contributed by atoms with Gasteiger partial charge in [-0.2, -0.15) is 0 Å². The van der Waals surface area contributed by atoms with Crippen LogP contribution >= 0.6 is 0 Å². The first-order valence-corrected chi connectivity index (χ1v) is 6.57. The van der Waals surface area contributed by atoms with Gasteiger partial charge in [0.05, 0.1) is 0 Å². The van der Waals surface area contributed by atoms with Crippen molar-refractivity contribution in [2.45, 2.75) is 50.7 Å². The van der Waals surface area contributed by atoms with Gasteiger partial charge in [0.2, 0.25) is 0 Å². The molecule has 3 N–H and O–H groups in total. The van der Waals surface area contributed by atoms with E-state index in [1.807, 2.05) is 0 Å². The first-order chi connectivity index (χ1) is 7.84. The van der Waals surface area contributed by atoms with Crippen molar-refractivity contribution in [1.29, 1.82) is 0 Å². The highest BCUT2D eigenvalue weighted by Crippen LogP contribution is 2.27. The molecule has 4 heteroatoms. The SMILES string of the molecule is CCC(N(C)C)C(N)(CCO)C(CC)N(C)C. The Kier molecular flexibility index (Phi) is 7.24. The largest absolute Gasteiger partial charge is 0.396 e. The average molecular weight is 245 g/mol. The molecule has 0 fully saturated rings. The van der Waals surface area contributed by atoms with Crippen LogP contribution < -0.4 is 5.73 Å². The maximum Gasteiger partial charge on any atom is 0.0491 e. The lowest BCUT2D eigenvalue weighted by atomic mass is 9.77. The average Bonchev–Trinajstić information content (AvgIpc) is 2.18. The smallest absolute Gasteiger partial charge is 0.0491 e. The van der Waals surface area contributed by atoms with Crippen LogP contribution in [-0.2, 0) is 0 Å². The lowest BCUT2D eigenvalue weighted by Crippen LogP contribution is -2.67. The third-order valence-corrected chi connectivity index (χ3v) is 3.81. The minimum Gasteiger partial charge on any atom is -0.396 e. The molecule has 0 rings (SSSR count). The van der Waals surface area contributed by atoms with E-state index in [0.29, 0.717) is 6.42 Å². The zero-order chi connectivity index (χ0) is 13.6. The second-order valence-electron chi connectivity index (χ2n) is 5.36. The summed E-state index contributed by atoms with van der Waals surface area (Å²) in [5, 5.41) is 9.34. The monoisotopic (exact) mass is 245 g/mol. The maximum absolute atomic E-state index is 9.34. The first kappa shape index (κ1) is 16.8. The minimum atomic E-state index is -0.370. The highest BCUT2D eigenvalue weighted by molar-refractivity contribution is 5.03. The number of likely N-dealkylation sites (N-methyl/N-ethyl adjacent to an activating group) is 2. The van der Waals surface area contributed by atoms with Gasteiger partial charge in [-0.05, 0) is 47.5 Å². The van der Waals surface area contributed by atoms with Crippen LogP contribution in [0, 0.1) is 0 Å². The number of hydrogen-bond donors (Lipinski definition) is 2. The van der Waals surface area contributed by atoms with Crippen LogP contribution in [0.5, 0.6) is 0 Å². The third-order valence-electron chi connectivity index (χ3n) is 3.81. The Balaban J connectivity index is 5.23. The predicted octanol–water partition coefficient (Wildman–Crippen LogP) is 0.747. The maximum atomic E-state index is 9.34. The number of aliphatic hydroxyl groups excluding tert-OH is 1. The van der Waals surface area contributed by atoms with Crippen molar-refractivity contribution in [1.82, 2.24) is 9.80 Å².